The molecule has 98 valence electrons. The molecule has 2 aliphatic heterocycles. The molecule has 6 heteroatoms. The summed E-state index contributed by atoms with van der Waals surface area (Å²) in [5.41, 5.74) is 0. The van der Waals surface area contributed by atoms with Gasteiger partial charge in [-0.25, -0.2) is 4.98 Å². The molecule has 0 spiro atoms. The molecule has 18 heavy (non-hydrogen) atoms. The quantitative estimate of drug-likeness (QED) is 0.898. The second kappa shape index (κ2) is 4.68. The van der Waals surface area contributed by atoms with Crippen molar-refractivity contribution in [2.45, 2.75) is 44.1 Å². The minimum Gasteiger partial charge on any atom is -0.433 e. The molecule has 3 rings (SSSR count). The lowest BCUT2D eigenvalue weighted by molar-refractivity contribution is -0.0500. The standard InChI is InChI=1S/C12H14F2N2O2/c13-12(14)18-8-2-4-11(15-6-8)16-9-5-7-1-3-10(9)17-7/h2,4,6-7,9-10,12H,1,3,5H2,(H,15,16)/t7-,9+,10-/m0/s1. The molecule has 3 heterocycles. The Kier molecular flexibility index (Phi) is 3.03. The van der Waals surface area contributed by atoms with Crippen molar-refractivity contribution in [3.8, 4) is 5.75 Å². The zero-order valence-corrected chi connectivity index (χ0v) is 9.68. The number of alkyl halides is 2. The number of anilines is 1. The summed E-state index contributed by atoms with van der Waals surface area (Å²) in [5, 5.41) is 3.27. The van der Waals surface area contributed by atoms with Gasteiger partial charge in [-0.3, -0.25) is 0 Å². The van der Waals surface area contributed by atoms with Crippen molar-refractivity contribution in [2.75, 3.05) is 5.32 Å². The van der Waals surface area contributed by atoms with Crippen LogP contribution in [0.15, 0.2) is 18.3 Å². The Hall–Kier alpha value is -1.43. The van der Waals surface area contributed by atoms with Crippen LogP contribution < -0.4 is 10.1 Å². The summed E-state index contributed by atoms with van der Waals surface area (Å²) in [4.78, 5) is 4.05. The highest BCUT2D eigenvalue weighted by molar-refractivity contribution is 5.39. The molecule has 0 amide bonds. The number of halogens is 2. The van der Waals surface area contributed by atoms with Gasteiger partial charge < -0.3 is 14.8 Å². The minimum absolute atomic E-state index is 0.0692. The SMILES string of the molecule is FC(F)Oc1ccc(N[C@@H]2C[C@@H]3CC[C@@H]2O3)nc1. The summed E-state index contributed by atoms with van der Waals surface area (Å²) in [5.74, 6) is 0.734. The molecule has 0 unspecified atom stereocenters. The Balaban J connectivity index is 1.60. The van der Waals surface area contributed by atoms with Gasteiger partial charge in [-0.2, -0.15) is 8.78 Å². The molecule has 0 aromatic carbocycles. The van der Waals surface area contributed by atoms with Crippen molar-refractivity contribution in [3.05, 3.63) is 18.3 Å². The number of aromatic nitrogens is 1. The van der Waals surface area contributed by atoms with Gasteiger partial charge in [0.15, 0.2) is 0 Å². The van der Waals surface area contributed by atoms with E-state index in [-0.39, 0.29) is 17.9 Å². The molecule has 1 aromatic rings. The normalized spacial score (nSPS) is 29.8. The number of ether oxygens (including phenoxy) is 2. The minimum atomic E-state index is -2.82. The van der Waals surface area contributed by atoms with Crippen molar-refractivity contribution >= 4 is 5.82 Å². The predicted molar refractivity (Wildman–Crippen MR) is 60.8 cm³/mol. The summed E-state index contributed by atoms with van der Waals surface area (Å²) >= 11 is 0. The van der Waals surface area contributed by atoms with Crippen LogP contribution in [0.3, 0.4) is 0 Å². The van der Waals surface area contributed by atoms with Crippen LogP contribution in [0.1, 0.15) is 19.3 Å². The first-order valence-electron chi connectivity index (χ1n) is 6.03. The van der Waals surface area contributed by atoms with Crippen LogP contribution in [-0.2, 0) is 4.74 Å². The third-order valence-electron chi connectivity index (χ3n) is 3.40. The summed E-state index contributed by atoms with van der Waals surface area (Å²) in [6.45, 7) is -2.82. The van der Waals surface area contributed by atoms with Crippen LogP contribution in [0.4, 0.5) is 14.6 Å². The molecule has 0 aliphatic carbocycles. The maximum Gasteiger partial charge on any atom is 0.387 e. The molecule has 2 bridgehead atoms. The third-order valence-corrected chi connectivity index (χ3v) is 3.40. The van der Waals surface area contributed by atoms with E-state index in [0.717, 1.165) is 19.3 Å². The number of hydrogen-bond acceptors (Lipinski definition) is 4. The first-order valence-corrected chi connectivity index (χ1v) is 6.03. The Morgan fingerprint density at radius 2 is 2.28 bits per heavy atom. The van der Waals surface area contributed by atoms with E-state index in [1.165, 1.54) is 12.3 Å². The number of hydrogen-bond donors (Lipinski definition) is 1. The number of pyridine rings is 1. The second-order valence-electron chi connectivity index (χ2n) is 4.62. The van der Waals surface area contributed by atoms with Crippen LogP contribution >= 0.6 is 0 Å². The van der Waals surface area contributed by atoms with E-state index in [2.05, 4.69) is 15.0 Å². The molecule has 1 N–H and O–H groups in total. The van der Waals surface area contributed by atoms with E-state index in [4.69, 9.17) is 4.74 Å². The first-order chi connectivity index (χ1) is 8.70. The summed E-state index contributed by atoms with van der Waals surface area (Å²) in [6, 6.07) is 3.40. The highest BCUT2D eigenvalue weighted by Gasteiger charge is 2.40. The van der Waals surface area contributed by atoms with Gasteiger partial charge in [0.25, 0.3) is 0 Å². The molecule has 4 nitrogen and oxygen atoms in total. The monoisotopic (exact) mass is 256 g/mol. The van der Waals surface area contributed by atoms with Gasteiger partial charge in [-0.05, 0) is 31.4 Å². The summed E-state index contributed by atoms with van der Waals surface area (Å²) in [7, 11) is 0. The summed E-state index contributed by atoms with van der Waals surface area (Å²) < 4.78 is 33.9. The van der Waals surface area contributed by atoms with Crippen molar-refractivity contribution in [1.82, 2.24) is 4.98 Å². The molecular formula is C12H14F2N2O2. The number of rotatable bonds is 4. The van der Waals surface area contributed by atoms with Crippen LogP contribution in [-0.4, -0.2) is 29.8 Å². The van der Waals surface area contributed by atoms with Gasteiger partial charge >= 0.3 is 6.61 Å². The Morgan fingerprint density at radius 1 is 1.39 bits per heavy atom. The molecule has 1 aromatic heterocycles. The van der Waals surface area contributed by atoms with E-state index in [0.29, 0.717) is 11.9 Å². The average molecular weight is 256 g/mol. The molecule has 0 saturated carbocycles. The third kappa shape index (κ3) is 2.38. The molecule has 2 saturated heterocycles. The largest absolute Gasteiger partial charge is 0.433 e. The number of nitrogens with zero attached hydrogens (tertiary/aromatic N) is 1. The smallest absolute Gasteiger partial charge is 0.387 e. The van der Waals surface area contributed by atoms with Gasteiger partial charge in [0.05, 0.1) is 24.4 Å². The fourth-order valence-corrected chi connectivity index (χ4v) is 2.62. The van der Waals surface area contributed by atoms with Crippen molar-refractivity contribution < 1.29 is 18.3 Å². The second-order valence-corrected chi connectivity index (χ2v) is 4.62. The van der Waals surface area contributed by atoms with Crippen LogP contribution in [0.2, 0.25) is 0 Å². The molecule has 0 radical (unpaired) electrons. The van der Waals surface area contributed by atoms with Gasteiger partial charge in [-0.15, -0.1) is 0 Å². The van der Waals surface area contributed by atoms with Crippen LogP contribution in [0.5, 0.6) is 5.75 Å². The van der Waals surface area contributed by atoms with E-state index in [1.807, 2.05) is 0 Å². The van der Waals surface area contributed by atoms with E-state index in [9.17, 15) is 8.78 Å². The highest BCUT2D eigenvalue weighted by Crippen LogP contribution is 2.35. The Bertz CT molecular complexity index is 413. The fraction of sp³-hybridized carbons (Fsp3) is 0.583. The first kappa shape index (κ1) is 11.6. The van der Waals surface area contributed by atoms with Gasteiger partial charge in [0.1, 0.15) is 11.6 Å². The molecule has 2 fully saturated rings. The fourth-order valence-electron chi connectivity index (χ4n) is 2.62. The van der Waals surface area contributed by atoms with Gasteiger partial charge in [0, 0.05) is 0 Å². The summed E-state index contributed by atoms with van der Waals surface area (Å²) in [6.07, 6.45) is 5.12. The van der Waals surface area contributed by atoms with E-state index in [1.54, 1.807) is 6.07 Å². The topological polar surface area (TPSA) is 43.4 Å². The highest BCUT2D eigenvalue weighted by atomic mass is 19.3. The Morgan fingerprint density at radius 3 is 2.83 bits per heavy atom. The number of nitrogens with one attached hydrogen (secondary N) is 1. The predicted octanol–water partition coefficient (Wildman–Crippen LogP) is 2.41. The Labute approximate surface area is 103 Å². The lowest BCUT2D eigenvalue weighted by atomic mass is 9.95. The zero-order chi connectivity index (χ0) is 12.5. The van der Waals surface area contributed by atoms with Crippen molar-refractivity contribution in [2.24, 2.45) is 0 Å². The van der Waals surface area contributed by atoms with Gasteiger partial charge in [0.2, 0.25) is 0 Å². The zero-order valence-electron chi connectivity index (χ0n) is 9.68. The average Bonchev–Trinajstić information content (AvgIpc) is 2.93. The lowest BCUT2D eigenvalue weighted by Gasteiger charge is -2.20. The maximum absolute atomic E-state index is 12.0. The number of fused-ring (bicyclic) bond motifs is 2. The molecule has 3 atom stereocenters. The molecular weight excluding hydrogens is 242 g/mol. The molecule has 2 aliphatic rings. The maximum atomic E-state index is 12.0. The van der Waals surface area contributed by atoms with Crippen LogP contribution in [0, 0.1) is 0 Å². The van der Waals surface area contributed by atoms with Crippen molar-refractivity contribution in [3.63, 3.8) is 0 Å². The van der Waals surface area contributed by atoms with Gasteiger partial charge in [-0.1, -0.05) is 0 Å². The van der Waals surface area contributed by atoms with E-state index < -0.39 is 6.61 Å². The van der Waals surface area contributed by atoms with Crippen LogP contribution in [0.25, 0.3) is 0 Å². The lowest BCUT2D eigenvalue weighted by Crippen LogP contribution is -2.30. The van der Waals surface area contributed by atoms with E-state index >= 15 is 0 Å². The van der Waals surface area contributed by atoms with Crippen molar-refractivity contribution in [1.29, 1.82) is 0 Å².